The van der Waals surface area contributed by atoms with E-state index in [0.717, 1.165) is 67.1 Å². The summed E-state index contributed by atoms with van der Waals surface area (Å²) in [4.78, 5) is 15.6. The maximum atomic E-state index is 5.59. The monoisotopic (exact) mass is 364 g/mol. The van der Waals surface area contributed by atoms with Crippen molar-refractivity contribution in [3.05, 3.63) is 36.4 Å². The van der Waals surface area contributed by atoms with Crippen LogP contribution in [0.4, 0.5) is 11.8 Å². The molecule has 0 unspecified atom stereocenters. The lowest BCUT2D eigenvalue weighted by atomic mass is 10.1. The molecule has 0 aliphatic carbocycles. The van der Waals surface area contributed by atoms with Crippen LogP contribution in [0.3, 0.4) is 0 Å². The summed E-state index contributed by atoms with van der Waals surface area (Å²) < 4.78 is 0. The SMILES string of the molecule is NCCCCNc1nc(N2CCCCC2)c2[nH]c(-c3ccccc3)cc2n1. The molecule has 0 spiro atoms. The highest BCUT2D eigenvalue weighted by Gasteiger charge is 2.19. The number of hydrogen-bond donors (Lipinski definition) is 3. The van der Waals surface area contributed by atoms with E-state index in [2.05, 4.69) is 45.5 Å². The molecule has 0 amide bonds. The minimum absolute atomic E-state index is 0.707. The summed E-state index contributed by atoms with van der Waals surface area (Å²) in [5.41, 5.74) is 9.83. The van der Waals surface area contributed by atoms with Crippen LogP contribution in [0.25, 0.3) is 22.3 Å². The minimum atomic E-state index is 0.707. The van der Waals surface area contributed by atoms with Crippen molar-refractivity contribution in [3.8, 4) is 11.3 Å². The Kier molecular flexibility index (Phi) is 5.53. The normalized spacial score (nSPS) is 14.6. The Balaban J connectivity index is 1.70. The van der Waals surface area contributed by atoms with Crippen molar-refractivity contribution in [2.24, 2.45) is 5.73 Å². The summed E-state index contributed by atoms with van der Waals surface area (Å²) in [6.45, 7) is 3.67. The molecule has 1 fully saturated rings. The van der Waals surface area contributed by atoms with E-state index in [-0.39, 0.29) is 0 Å². The lowest BCUT2D eigenvalue weighted by Gasteiger charge is -2.28. The predicted molar refractivity (Wildman–Crippen MR) is 112 cm³/mol. The van der Waals surface area contributed by atoms with Crippen molar-refractivity contribution in [3.63, 3.8) is 0 Å². The van der Waals surface area contributed by atoms with Gasteiger partial charge in [-0.3, -0.25) is 0 Å². The highest BCUT2D eigenvalue weighted by atomic mass is 15.2. The van der Waals surface area contributed by atoms with Crippen molar-refractivity contribution in [2.45, 2.75) is 32.1 Å². The average Bonchev–Trinajstić information content (AvgIpc) is 3.16. The maximum Gasteiger partial charge on any atom is 0.225 e. The average molecular weight is 364 g/mol. The highest BCUT2D eigenvalue weighted by Crippen LogP contribution is 2.31. The fraction of sp³-hybridized carbons (Fsp3) is 0.429. The van der Waals surface area contributed by atoms with Gasteiger partial charge in [-0.05, 0) is 50.3 Å². The van der Waals surface area contributed by atoms with Crippen molar-refractivity contribution in [2.75, 3.05) is 36.4 Å². The van der Waals surface area contributed by atoms with Gasteiger partial charge in [0, 0.05) is 25.3 Å². The zero-order valence-corrected chi connectivity index (χ0v) is 15.7. The molecule has 27 heavy (non-hydrogen) atoms. The van der Waals surface area contributed by atoms with Crippen LogP contribution in [0.1, 0.15) is 32.1 Å². The summed E-state index contributed by atoms with van der Waals surface area (Å²) in [5, 5.41) is 3.38. The Morgan fingerprint density at radius 3 is 2.63 bits per heavy atom. The van der Waals surface area contributed by atoms with Gasteiger partial charge < -0.3 is 20.9 Å². The van der Waals surface area contributed by atoms with E-state index in [1.54, 1.807) is 0 Å². The number of fused-ring (bicyclic) bond motifs is 1. The molecule has 2 aromatic heterocycles. The minimum Gasteiger partial charge on any atom is -0.355 e. The van der Waals surface area contributed by atoms with Crippen LogP contribution in [0.5, 0.6) is 0 Å². The Morgan fingerprint density at radius 1 is 1.04 bits per heavy atom. The Labute approximate surface area is 160 Å². The first-order valence-corrected chi connectivity index (χ1v) is 10.0. The third-order valence-corrected chi connectivity index (χ3v) is 5.11. The second-order valence-corrected chi connectivity index (χ2v) is 7.15. The summed E-state index contributed by atoms with van der Waals surface area (Å²) in [7, 11) is 0. The number of aromatic amines is 1. The number of nitrogens with zero attached hydrogens (tertiary/aromatic N) is 3. The topological polar surface area (TPSA) is 82.9 Å². The van der Waals surface area contributed by atoms with E-state index in [4.69, 9.17) is 15.7 Å². The standard InChI is InChI=1S/C21H28N6/c22-11-5-6-12-23-21-25-18-15-17(16-9-3-1-4-10-16)24-19(18)20(26-21)27-13-7-2-8-14-27/h1,3-4,9-10,15,24H,2,5-8,11-14,22H2,(H,23,25,26). The number of rotatable bonds is 7. The van der Waals surface area contributed by atoms with Gasteiger partial charge in [0.15, 0.2) is 5.82 Å². The van der Waals surface area contributed by atoms with Crippen LogP contribution < -0.4 is 16.0 Å². The van der Waals surface area contributed by atoms with Gasteiger partial charge in [-0.15, -0.1) is 0 Å². The number of benzene rings is 1. The van der Waals surface area contributed by atoms with Gasteiger partial charge in [0.05, 0.1) is 5.52 Å². The molecule has 3 aromatic rings. The fourth-order valence-corrected chi connectivity index (χ4v) is 3.65. The molecule has 1 aliphatic rings. The molecule has 0 bridgehead atoms. The van der Waals surface area contributed by atoms with Gasteiger partial charge in [0.2, 0.25) is 5.95 Å². The van der Waals surface area contributed by atoms with Crippen LogP contribution in [-0.4, -0.2) is 41.1 Å². The largest absolute Gasteiger partial charge is 0.355 e. The molecule has 0 atom stereocenters. The number of nitrogens with one attached hydrogen (secondary N) is 2. The molecular weight excluding hydrogens is 336 g/mol. The molecule has 1 saturated heterocycles. The van der Waals surface area contributed by atoms with Gasteiger partial charge in [0.25, 0.3) is 0 Å². The Morgan fingerprint density at radius 2 is 1.85 bits per heavy atom. The van der Waals surface area contributed by atoms with Gasteiger partial charge in [0.1, 0.15) is 5.52 Å². The van der Waals surface area contributed by atoms with E-state index < -0.39 is 0 Å². The van der Waals surface area contributed by atoms with E-state index in [1.165, 1.54) is 19.3 Å². The molecule has 4 N–H and O–H groups in total. The van der Waals surface area contributed by atoms with Crippen LogP contribution in [0, 0.1) is 0 Å². The zero-order chi connectivity index (χ0) is 18.5. The molecule has 6 heteroatoms. The third kappa shape index (κ3) is 4.06. The predicted octanol–water partition coefficient (Wildman–Crippen LogP) is 3.77. The molecule has 4 rings (SSSR count). The molecule has 142 valence electrons. The number of anilines is 2. The molecule has 6 nitrogen and oxygen atoms in total. The third-order valence-electron chi connectivity index (χ3n) is 5.11. The molecule has 3 heterocycles. The second-order valence-electron chi connectivity index (χ2n) is 7.15. The lowest BCUT2D eigenvalue weighted by Crippen LogP contribution is -2.30. The molecule has 0 radical (unpaired) electrons. The van der Waals surface area contributed by atoms with Crippen LogP contribution >= 0.6 is 0 Å². The van der Waals surface area contributed by atoms with E-state index in [9.17, 15) is 0 Å². The Hall–Kier alpha value is -2.60. The zero-order valence-electron chi connectivity index (χ0n) is 15.7. The first-order chi connectivity index (χ1) is 13.3. The number of piperidine rings is 1. The van der Waals surface area contributed by atoms with Crippen LogP contribution in [-0.2, 0) is 0 Å². The summed E-state index contributed by atoms with van der Waals surface area (Å²) in [5.74, 6) is 1.72. The number of nitrogens with two attached hydrogens (primary N) is 1. The van der Waals surface area contributed by atoms with Crippen molar-refractivity contribution < 1.29 is 0 Å². The smallest absolute Gasteiger partial charge is 0.225 e. The summed E-state index contributed by atoms with van der Waals surface area (Å²) in [6, 6.07) is 12.5. The first-order valence-electron chi connectivity index (χ1n) is 10.0. The van der Waals surface area contributed by atoms with E-state index in [1.807, 2.05) is 6.07 Å². The Bertz CT molecular complexity index is 867. The van der Waals surface area contributed by atoms with Crippen molar-refractivity contribution in [1.82, 2.24) is 15.0 Å². The molecular formula is C21H28N6. The number of unbranched alkanes of at least 4 members (excludes halogenated alkanes) is 1. The van der Waals surface area contributed by atoms with E-state index in [0.29, 0.717) is 5.95 Å². The first kappa shape index (κ1) is 17.8. The summed E-state index contributed by atoms with van der Waals surface area (Å²) >= 11 is 0. The maximum absolute atomic E-state index is 5.59. The van der Waals surface area contributed by atoms with Crippen LogP contribution in [0.2, 0.25) is 0 Å². The van der Waals surface area contributed by atoms with Crippen LogP contribution in [0.15, 0.2) is 36.4 Å². The van der Waals surface area contributed by atoms with E-state index >= 15 is 0 Å². The fourth-order valence-electron chi connectivity index (χ4n) is 3.65. The highest BCUT2D eigenvalue weighted by molar-refractivity contribution is 5.91. The number of aromatic nitrogens is 3. The van der Waals surface area contributed by atoms with Gasteiger partial charge in [-0.1, -0.05) is 30.3 Å². The van der Waals surface area contributed by atoms with Crippen molar-refractivity contribution >= 4 is 22.8 Å². The second kappa shape index (κ2) is 8.39. The van der Waals surface area contributed by atoms with Crippen molar-refractivity contribution in [1.29, 1.82) is 0 Å². The van der Waals surface area contributed by atoms with Gasteiger partial charge >= 0.3 is 0 Å². The number of H-pyrrole nitrogens is 1. The molecule has 0 saturated carbocycles. The van der Waals surface area contributed by atoms with Gasteiger partial charge in [-0.2, -0.15) is 4.98 Å². The van der Waals surface area contributed by atoms with Gasteiger partial charge in [-0.25, -0.2) is 4.98 Å². The lowest BCUT2D eigenvalue weighted by molar-refractivity contribution is 0.574. The quantitative estimate of drug-likeness (QED) is 0.556. The molecule has 1 aromatic carbocycles. The summed E-state index contributed by atoms with van der Waals surface area (Å²) in [6.07, 6.45) is 5.78. The number of hydrogen-bond acceptors (Lipinski definition) is 5. The molecule has 1 aliphatic heterocycles.